The lowest BCUT2D eigenvalue weighted by Gasteiger charge is -2.21. The highest BCUT2D eigenvalue weighted by Gasteiger charge is 2.16. The monoisotopic (exact) mass is 266 g/mol. The van der Waals surface area contributed by atoms with Gasteiger partial charge in [0.15, 0.2) is 12.0 Å². The van der Waals surface area contributed by atoms with Crippen molar-refractivity contribution in [1.29, 1.82) is 0 Å². The molecule has 0 aliphatic carbocycles. The summed E-state index contributed by atoms with van der Waals surface area (Å²) in [4.78, 5) is 18.4. The lowest BCUT2D eigenvalue weighted by atomic mass is 10.1. The molecule has 3 aromatic rings. The standard InChI is InChI=1S/C16H14N2O2/c1-2-18(13-6-4-3-5-7-13)16(19)12-8-9-15-14(10-12)17-11-20-15/h3-11H,2H2,1H3. The van der Waals surface area contributed by atoms with Gasteiger partial charge in [-0.3, -0.25) is 4.79 Å². The first kappa shape index (κ1) is 12.4. The van der Waals surface area contributed by atoms with E-state index in [4.69, 9.17) is 4.42 Å². The van der Waals surface area contributed by atoms with Crippen molar-refractivity contribution in [3.8, 4) is 0 Å². The molecule has 4 heteroatoms. The van der Waals surface area contributed by atoms with Crippen LogP contribution >= 0.6 is 0 Å². The van der Waals surface area contributed by atoms with Crippen LogP contribution < -0.4 is 4.90 Å². The van der Waals surface area contributed by atoms with Crippen molar-refractivity contribution in [1.82, 2.24) is 4.98 Å². The molecule has 0 fully saturated rings. The maximum atomic E-state index is 12.6. The number of carbonyl (C=O) groups is 1. The molecule has 1 heterocycles. The predicted molar refractivity (Wildman–Crippen MR) is 77.8 cm³/mol. The summed E-state index contributed by atoms with van der Waals surface area (Å²) in [6.07, 6.45) is 1.38. The van der Waals surface area contributed by atoms with Gasteiger partial charge < -0.3 is 9.32 Å². The largest absolute Gasteiger partial charge is 0.443 e. The first-order valence-corrected chi connectivity index (χ1v) is 6.50. The number of rotatable bonds is 3. The molecule has 0 unspecified atom stereocenters. The molecule has 4 nitrogen and oxygen atoms in total. The number of hydrogen-bond acceptors (Lipinski definition) is 3. The average molecular weight is 266 g/mol. The van der Waals surface area contributed by atoms with Crippen LogP contribution in [-0.4, -0.2) is 17.4 Å². The van der Waals surface area contributed by atoms with Crippen molar-refractivity contribution in [2.45, 2.75) is 6.92 Å². The second kappa shape index (κ2) is 5.17. The Balaban J connectivity index is 1.97. The second-order valence-corrected chi connectivity index (χ2v) is 4.42. The average Bonchev–Trinajstić information content (AvgIpc) is 2.96. The van der Waals surface area contributed by atoms with Crippen molar-refractivity contribution in [3.05, 3.63) is 60.5 Å². The fourth-order valence-corrected chi connectivity index (χ4v) is 2.20. The quantitative estimate of drug-likeness (QED) is 0.729. The molecule has 0 saturated heterocycles. The molecule has 1 amide bonds. The number of aromatic nitrogens is 1. The van der Waals surface area contributed by atoms with Crippen LogP contribution in [0.3, 0.4) is 0 Å². The molecule has 20 heavy (non-hydrogen) atoms. The van der Waals surface area contributed by atoms with E-state index in [1.165, 1.54) is 6.39 Å². The Kier molecular flexibility index (Phi) is 3.21. The number of amides is 1. The van der Waals surface area contributed by atoms with Crippen molar-refractivity contribution < 1.29 is 9.21 Å². The van der Waals surface area contributed by atoms with E-state index < -0.39 is 0 Å². The lowest BCUT2D eigenvalue weighted by Crippen LogP contribution is -2.30. The van der Waals surface area contributed by atoms with Gasteiger partial charge in [0.05, 0.1) is 0 Å². The number of carbonyl (C=O) groups excluding carboxylic acids is 1. The zero-order valence-electron chi connectivity index (χ0n) is 11.1. The highest BCUT2D eigenvalue weighted by Crippen LogP contribution is 2.19. The van der Waals surface area contributed by atoms with E-state index in [0.717, 1.165) is 5.69 Å². The summed E-state index contributed by atoms with van der Waals surface area (Å²) < 4.78 is 5.19. The molecule has 0 saturated carbocycles. The van der Waals surface area contributed by atoms with Crippen molar-refractivity contribution in [2.24, 2.45) is 0 Å². The summed E-state index contributed by atoms with van der Waals surface area (Å²) >= 11 is 0. The van der Waals surface area contributed by atoms with Gasteiger partial charge in [0, 0.05) is 17.8 Å². The van der Waals surface area contributed by atoms with E-state index in [0.29, 0.717) is 23.2 Å². The van der Waals surface area contributed by atoms with Crippen LogP contribution in [0.15, 0.2) is 59.3 Å². The van der Waals surface area contributed by atoms with Crippen LogP contribution in [0.5, 0.6) is 0 Å². The zero-order chi connectivity index (χ0) is 13.9. The fraction of sp³-hybridized carbons (Fsp3) is 0.125. The Morgan fingerprint density at radius 2 is 2.00 bits per heavy atom. The molecule has 100 valence electrons. The minimum absolute atomic E-state index is 0.0383. The third kappa shape index (κ3) is 2.16. The Bertz CT molecular complexity index is 734. The molecule has 0 radical (unpaired) electrons. The molecule has 0 bridgehead atoms. The van der Waals surface area contributed by atoms with Crippen molar-refractivity contribution >= 4 is 22.7 Å². The van der Waals surface area contributed by atoms with Gasteiger partial charge in [0.25, 0.3) is 5.91 Å². The molecule has 0 N–H and O–H groups in total. The number of hydrogen-bond donors (Lipinski definition) is 0. The van der Waals surface area contributed by atoms with E-state index in [2.05, 4.69) is 4.98 Å². The number of benzene rings is 2. The Hall–Kier alpha value is -2.62. The predicted octanol–water partition coefficient (Wildman–Crippen LogP) is 3.49. The van der Waals surface area contributed by atoms with Crippen LogP contribution in [0, 0.1) is 0 Å². The SMILES string of the molecule is CCN(C(=O)c1ccc2ocnc2c1)c1ccccc1. The fourth-order valence-electron chi connectivity index (χ4n) is 2.20. The molecular formula is C16H14N2O2. The first-order valence-electron chi connectivity index (χ1n) is 6.50. The first-order chi connectivity index (χ1) is 9.79. The van der Waals surface area contributed by atoms with Crippen LogP contribution in [0.25, 0.3) is 11.1 Å². The number of para-hydroxylation sites is 1. The second-order valence-electron chi connectivity index (χ2n) is 4.42. The van der Waals surface area contributed by atoms with E-state index >= 15 is 0 Å². The Morgan fingerprint density at radius 3 is 2.75 bits per heavy atom. The maximum absolute atomic E-state index is 12.6. The zero-order valence-corrected chi connectivity index (χ0v) is 11.1. The van der Waals surface area contributed by atoms with Gasteiger partial charge in [0.1, 0.15) is 5.52 Å². The highest BCUT2D eigenvalue weighted by atomic mass is 16.3. The molecule has 2 aromatic carbocycles. The van der Waals surface area contributed by atoms with E-state index in [-0.39, 0.29) is 5.91 Å². The van der Waals surface area contributed by atoms with Gasteiger partial charge in [-0.2, -0.15) is 0 Å². The molecular weight excluding hydrogens is 252 g/mol. The molecule has 0 atom stereocenters. The summed E-state index contributed by atoms with van der Waals surface area (Å²) in [6, 6.07) is 14.9. The normalized spacial score (nSPS) is 10.7. The minimum Gasteiger partial charge on any atom is -0.443 e. The molecule has 0 spiro atoms. The molecule has 0 aliphatic heterocycles. The van der Waals surface area contributed by atoms with Gasteiger partial charge in [-0.1, -0.05) is 18.2 Å². The number of fused-ring (bicyclic) bond motifs is 1. The summed E-state index contributed by atoms with van der Waals surface area (Å²) in [5.74, 6) is -0.0383. The summed E-state index contributed by atoms with van der Waals surface area (Å²) in [7, 11) is 0. The lowest BCUT2D eigenvalue weighted by molar-refractivity contribution is 0.0988. The molecule has 3 rings (SSSR count). The topological polar surface area (TPSA) is 46.3 Å². The van der Waals surface area contributed by atoms with Crippen LogP contribution in [-0.2, 0) is 0 Å². The molecule has 0 aliphatic rings. The van der Waals surface area contributed by atoms with E-state index in [9.17, 15) is 4.79 Å². The van der Waals surface area contributed by atoms with Gasteiger partial charge in [-0.05, 0) is 37.3 Å². The number of oxazole rings is 1. The van der Waals surface area contributed by atoms with Gasteiger partial charge in [-0.15, -0.1) is 0 Å². The minimum atomic E-state index is -0.0383. The van der Waals surface area contributed by atoms with Crippen LogP contribution in [0.4, 0.5) is 5.69 Å². The smallest absolute Gasteiger partial charge is 0.258 e. The Labute approximate surface area is 116 Å². The summed E-state index contributed by atoms with van der Waals surface area (Å²) in [5, 5.41) is 0. The maximum Gasteiger partial charge on any atom is 0.258 e. The van der Waals surface area contributed by atoms with E-state index in [1.807, 2.05) is 37.3 Å². The third-order valence-electron chi connectivity index (χ3n) is 3.21. The number of nitrogens with zero attached hydrogens (tertiary/aromatic N) is 2. The van der Waals surface area contributed by atoms with Gasteiger partial charge in [0.2, 0.25) is 0 Å². The molecule has 1 aromatic heterocycles. The number of anilines is 1. The van der Waals surface area contributed by atoms with E-state index in [1.54, 1.807) is 23.1 Å². The third-order valence-corrected chi connectivity index (χ3v) is 3.21. The van der Waals surface area contributed by atoms with Gasteiger partial charge in [-0.25, -0.2) is 4.98 Å². The summed E-state index contributed by atoms with van der Waals surface area (Å²) in [5.41, 5.74) is 2.88. The van der Waals surface area contributed by atoms with Crippen molar-refractivity contribution in [3.63, 3.8) is 0 Å². The Morgan fingerprint density at radius 1 is 1.20 bits per heavy atom. The van der Waals surface area contributed by atoms with Crippen molar-refractivity contribution in [2.75, 3.05) is 11.4 Å². The highest BCUT2D eigenvalue weighted by molar-refractivity contribution is 6.07. The summed E-state index contributed by atoms with van der Waals surface area (Å²) in [6.45, 7) is 2.57. The van der Waals surface area contributed by atoms with Crippen LogP contribution in [0.2, 0.25) is 0 Å². The van der Waals surface area contributed by atoms with Gasteiger partial charge >= 0.3 is 0 Å². The van der Waals surface area contributed by atoms with Crippen LogP contribution in [0.1, 0.15) is 17.3 Å².